The maximum atomic E-state index is 5.33. The van der Waals surface area contributed by atoms with E-state index in [9.17, 15) is 0 Å². The minimum Gasteiger partial charge on any atom is -0.380 e. The molecule has 0 aromatic rings. The largest absolute Gasteiger partial charge is 0.380 e. The second kappa shape index (κ2) is 5.34. The molecule has 1 atom stereocenters. The van der Waals surface area contributed by atoms with Crippen LogP contribution in [0.15, 0.2) is 0 Å². The first-order valence-electron chi connectivity index (χ1n) is 4.76. The van der Waals surface area contributed by atoms with E-state index in [1.54, 1.807) is 0 Å². The van der Waals surface area contributed by atoms with Gasteiger partial charge in [0.2, 0.25) is 0 Å². The Morgan fingerprint density at radius 2 is 2.00 bits per heavy atom. The molecule has 4 heteroatoms. The molecular weight excluding hydrogens is 202 g/mol. The van der Waals surface area contributed by atoms with Crippen LogP contribution in [-0.4, -0.2) is 45.4 Å². The summed E-state index contributed by atoms with van der Waals surface area (Å²) in [6.45, 7) is 9.66. The van der Waals surface area contributed by atoms with Gasteiger partial charge >= 0.3 is 0 Å². The van der Waals surface area contributed by atoms with Crippen molar-refractivity contribution in [3.63, 3.8) is 0 Å². The zero-order chi connectivity index (χ0) is 9.19. The van der Waals surface area contributed by atoms with Crippen molar-refractivity contribution >= 4 is 20.5 Å². The first-order valence-corrected chi connectivity index (χ1v) is 8.47. The molecule has 0 aromatic carbocycles. The zero-order valence-corrected chi connectivity index (χ0v) is 11.0. The lowest BCUT2D eigenvalue weighted by Crippen LogP contribution is -2.39. The van der Waals surface area contributed by atoms with Gasteiger partial charge in [0.1, 0.15) is 0 Å². The Labute approximate surface area is 89.1 Å². The number of methoxy groups -OCH3 is 1. The Hall–Kier alpha value is 0.427. The fraction of sp³-hybridized carbons (Fsp3) is 1.00. The average Bonchev–Trinajstić information content (AvgIpc) is 2.32. The van der Waals surface area contributed by atoms with Crippen molar-refractivity contribution in [2.75, 3.05) is 26.4 Å². The average molecular weight is 224 g/mol. The number of nitrogens with zero attached hydrogens (tertiary/aromatic N) is 1. The minimum atomic E-state index is -0.894. The molecule has 1 aliphatic heterocycles. The van der Waals surface area contributed by atoms with Crippen LogP contribution in [0.1, 0.15) is 6.42 Å². The molecule has 0 spiro atoms. The monoisotopic (exact) mass is 223 g/mol. The standard InChI is InChI=1S/C9H21NOSi.ClH/c1-11-9-5-6-10(7-9)8-12(2,3)4;/h9H,5-8H2,1-4H3;1H/t9-;/m1./s1. The molecule has 0 aliphatic carbocycles. The summed E-state index contributed by atoms with van der Waals surface area (Å²) in [7, 11) is 0.928. The van der Waals surface area contributed by atoms with Gasteiger partial charge in [0.25, 0.3) is 0 Å². The molecule has 1 rings (SSSR count). The first-order chi connectivity index (χ1) is 5.51. The lowest BCUT2D eigenvalue weighted by Gasteiger charge is -2.24. The fourth-order valence-electron chi connectivity index (χ4n) is 1.80. The van der Waals surface area contributed by atoms with Crippen molar-refractivity contribution in [3.8, 4) is 0 Å². The van der Waals surface area contributed by atoms with Crippen LogP contribution in [-0.2, 0) is 4.74 Å². The van der Waals surface area contributed by atoms with Gasteiger partial charge in [0.05, 0.1) is 14.2 Å². The van der Waals surface area contributed by atoms with Gasteiger partial charge in [-0.15, -0.1) is 12.4 Å². The quantitative estimate of drug-likeness (QED) is 0.679. The van der Waals surface area contributed by atoms with E-state index in [2.05, 4.69) is 24.5 Å². The highest BCUT2D eigenvalue weighted by molar-refractivity contribution is 6.76. The Bertz CT molecular complexity index is 149. The number of halogens is 1. The van der Waals surface area contributed by atoms with Gasteiger partial charge in [0.15, 0.2) is 0 Å². The molecule has 13 heavy (non-hydrogen) atoms. The molecule has 2 nitrogen and oxygen atoms in total. The predicted molar refractivity (Wildman–Crippen MR) is 62.4 cm³/mol. The van der Waals surface area contributed by atoms with Crippen molar-refractivity contribution in [2.45, 2.75) is 32.2 Å². The van der Waals surface area contributed by atoms with Gasteiger partial charge in [-0.3, -0.25) is 0 Å². The highest BCUT2D eigenvalue weighted by atomic mass is 35.5. The van der Waals surface area contributed by atoms with E-state index in [4.69, 9.17) is 4.74 Å². The maximum Gasteiger partial charge on any atom is 0.0710 e. The predicted octanol–water partition coefficient (Wildman–Crippen LogP) is 2.01. The summed E-state index contributed by atoms with van der Waals surface area (Å²) in [5.41, 5.74) is 0. The summed E-state index contributed by atoms with van der Waals surface area (Å²) >= 11 is 0. The topological polar surface area (TPSA) is 12.5 Å². The molecule has 1 aliphatic rings. The Balaban J connectivity index is 0.00000144. The molecule has 0 N–H and O–H groups in total. The maximum absolute atomic E-state index is 5.33. The molecule has 0 unspecified atom stereocenters. The van der Waals surface area contributed by atoms with Crippen LogP contribution in [0.5, 0.6) is 0 Å². The third kappa shape index (κ3) is 5.01. The van der Waals surface area contributed by atoms with Crippen molar-refractivity contribution in [1.82, 2.24) is 4.90 Å². The Morgan fingerprint density at radius 3 is 2.38 bits per heavy atom. The molecule has 0 amide bonds. The summed E-state index contributed by atoms with van der Waals surface area (Å²) in [6, 6.07) is 0. The zero-order valence-electron chi connectivity index (χ0n) is 9.17. The molecular formula is C9H22ClNOSi. The van der Waals surface area contributed by atoms with Crippen molar-refractivity contribution < 1.29 is 4.74 Å². The third-order valence-electron chi connectivity index (χ3n) is 2.26. The number of likely N-dealkylation sites (tertiary alicyclic amines) is 1. The molecule has 0 aromatic heterocycles. The van der Waals surface area contributed by atoms with Crippen LogP contribution in [0, 0.1) is 0 Å². The van der Waals surface area contributed by atoms with E-state index in [1.807, 2.05) is 7.11 Å². The van der Waals surface area contributed by atoms with Gasteiger partial charge in [0, 0.05) is 20.2 Å². The highest BCUT2D eigenvalue weighted by Gasteiger charge is 2.26. The van der Waals surface area contributed by atoms with Crippen molar-refractivity contribution in [2.24, 2.45) is 0 Å². The number of hydrogen-bond acceptors (Lipinski definition) is 2. The van der Waals surface area contributed by atoms with Crippen molar-refractivity contribution in [1.29, 1.82) is 0 Å². The van der Waals surface area contributed by atoms with Crippen molar-refractivity contribution in [3.05, 3.63) is 0 Å². The first kappa shape index (κ1) is 13.4. The van der Waals surface area contributed by atoms with E-state index < -0.39 is 8.07 Å². The van der Waals surface area contributed by atoms with E-state index >= 15 is 0 Å². The smallest absolute Gasteiger partial charge is 0.0710 e. The second-order valence-corrected chi connectivity index (χ2v) is 10.4. The van der Waals surface area contributed by atoms with Crippen LogP contribution in [0.4, 0.5) is 0 Å². The van der Waals surface area contributed by atoms with Crippen LogP contribution in [0.3, 0.4) is 0 Å². The molecule has 0 radical (unpaired) electrons. The molecule has 1 fully saturated rings. The molecule has 1 heterocycles. The molecule has 80 valence electrons. The number of ether oxygens (including phenoxy) is 1. The van der Waals surface area contributed by atoms with Crippen LogP contribution >= 0.6 is 12.4 Å². The van der Waals surface area contributed by atoms with Crippen LogP contribution in [0.25, 0.3) is 0 Å². The van der Waals surface area contributed by atoms with Gasteiger partial charge in [-0.25, -0.2) is 0 Å². The summed E-state index contributed by atoms with van der Waals surface area (Å²) in [4.78, 5) is 2.56. The van der Waals surface area contributed by atoms with Crippen LogP contribution < -0.4 is 0 Å². The summed E-state index contributed by atoms with van der Waals surface area (Å²) in [6.07, 6.45) is 3.05. The second-order valence-electron chi connectivity index (χ2n) is 4.94. The number of rotatable bonds is 3. The van der Waals surface area contributed by atoms with E-state index in [0.29, 0.717) is 6.10 Å². The SMILES string of the molecule is CO[C@@H]1CCN(C[Si](C)(C)C)C1.Cl. The van der Waals surface area contributed by atoms with Gasteiger partial charge in [-0.1, -0.05) is 19.6 Å². The normalized spacial score (nSPS) is 24.5. The lowest BCUT2D eigenvalue weighted by atomic mass is 10.3. The Kier molecular flexibility index (Phi) is 5.52. The van der Waals surface area contributed by atoms with Gasteiger partial charge < -0.3 is 9.64 Å². The van der Waals surface area contributed by atoms with Gasteiger partial charge in [-0.05, 0) is 12.6 Å². The number of hydrogen-bond donors (Lipinski definition) is 0. The summed E-state index contributed by atoms with van der Waals surface area (Å²) in [5, 5.41) is 0. The van der Waals surface area contributed by atoms with E-state index in [1.165, 1.54) is 19.1 Å². The third-order valence-corrected chi connectivity index (χ3v) is 3.66. The Morgan fingerprint density at radius 1 is 1.38 bits per heavy atom. The minimum absolute atomic E-state index is 0. The summed E-state index contributed by atoms with van der Waals surface area (Å²) in [5.74, 6) is 0. The molecule has 0 saturated carbocycles. The fourth-order valence-corrected chi connectivity index (χ4v) is 3.43. The van der Waals surface area contributed by atoms with E-state index in [-0.39, 0.29) is 12.4 Å². The lowest BCUT2D eigenvalue weighted by molar-refractivity contribution is 0.110. The summed E-state index contributed by atoms with van der Waals surface area (Å²) < 4.78 is 5.33. The molecule has 0 bridgehead atoms. The van der Waals surface area contributed by atoms with E-state index in [0.717, 1.165) is 6.54 Å². The van der Waals surface area contributed by atoms with Gasteiger partial charge in [-0.2, -0.15) is 0 Å². The highest BCUT2D eigenvalue weighted by Crippen LogP contribution is 2.14. The van der Waals surface area contributed by atoms with Crippen LogP contribution in [0.2, 0.25) is 19.6 Å². The molecule has 1 saturated heterocycles.